The van der Waals surface area contributed by atoms with Crippen molar-refractivity contribution < 1.29 is 19.4 Å². The summed E-state index contributed by atoms with van der Waals surface area (Å²) in [4.78, 5) is 32.8. The quantitative estimate of drug-likeness (QED) is 0.382. The van der Waals surface area contributed by atoms with Gasteiger partial charge in [0.05, 0.1) is 18.0 Å². The van der Waals surface area contributed by atoms with Crippen LogP contribution in [0.4, 0.5) is 5.95 Å². The number of aliphatic carboxylic acids is 1. The smallest absolute Gasteiger partial charge is 0.305 e. The molecule has 0 saturated carbocycles. The molecule has 0 radical (unpaired) electrons. The molecule has 9 heteroatoms. The van der Waals surface area contributed by atoms with Crippen molar-refractivity contribution >= 4 is 28.9 Å². The molecule has 1 atom stereocenters. The minimum atomic E-state index is -1.02. The van der Waals surface area contributed by atoms with Crippen LogP contribution in [0.25, 0.3) is 11.0 Å². The van der Waals surface area contributed by atoms with E-state index in [1.54, 1.807) is 41.2 Å². The number of hydrogen-bond donors (Lipinski definition) is 3. The van der Waals surface area contributed by atoms with Crippen molar-refractivity contribution in [2.45, 2.75) is 26.3 Å². The van der Waals surface area contributed by atoms with Crippen molar-refractivity contribution in [3.8, 4) is 11.5 Å². The van der Waals surface area contributed by atoms with E-state index in [9.17, 15) is 14.7 Å². The van der Waals surface area contributed by atoms with E-state index in [1.807, 2.05) is 39.1 Å². The average Bonchev–Trinajstić information content (AvgIpc) is 3.10. The summed E-state index contributed by atoms with van der Waals surface area (Å²) in [6.07, 6.45) is 2.88. The van der Waals surface area contributed by atoms with E-state index in [0.29, 0.717) is 34.1 Å². The lowest BCUT2D eigenvalue weighted by Gasteiger charge is -2.18. The molecule has 1 amide bonds. The maximum absolute atomic E-state index is 13.0. The van der Waals surface area contributed by atoms with Crippen molar-refractivity contribution in [2.75, 3.05) is 5.73 Å². The monoisotopic (exact) mass is 459 g/mol. The molecule has 0 bridgehead atoms. The van der Waals surface area contributed by atoms with Crippen LogP contribution in [0, 0.1) is 13.8 Å². The zero-order chi connectivity index (χ0) is 24.4. The van der Waals surface area contributed by atoms with Crippen LogP contribution in [-0.4, -0.2) is 31.5 Å². The maximum Gasteiger partial charge on any atom is 0.305 e. The molecule has 174 valence electrons. The fraction of sp³-hybridized carbons (Fsp3) is 0.200. The first-order valence-corrected chi connectivity index (χ1v) is 10.7. The zero-order valence-corrected chi connectivity index (χ0v) is 19.1. The van der Waals surface area contributed by atoms with E-state index in [-0.39, 0.29) is 12.3 Å². The van der Waals surface area contributed by atoms with E-state index < -0.39 is 12.0 Å². The number of rotatable bonds is 7. The second-order valence-corrected chi connectivity index (χ2v) is 8.10. The maximum atomic E-state index is 13.0. The lowest BCUT2D eigenvalue weighted by atomic mass is 10.0. The summed E-state index contributed by atoms with van der Waals surface area (Å²) < 4.78 is 7.99. The molecule has 2 aromatic carbocycles. The van der Waals surface area contributed by atoms with Gasteiger partial charge in [-0.15, -0.1) is 0 Å². The largest absolute Gasteiger partial charge is 0.481 e. The van der Waals surface area contributed by atoms with Crippen LogP contribution in [-0.2, 0) is 11.8 Å². The predicted molar refractivity (Wildman–Crippen MR) is 128 cm³/mol. The summed E-state index contributed by atoms with van der Waals surface area (Å²) in [7, 11) is 1.83. The van der Waals surface area contributed by atoms with Crippen molar-refractivity contribution in [2.24, 2.45) is 7.05 Å². The van der Waals surface area contributed by atoms with Gasteiger partial charge in [-0.05, 0) is 60.9 Å². The molecule has 0 aliphatic heterocycles. The van der Waals surface area contributed by atoms with Crippen LogP contribution < -0.4 is 15.8 Å². The molecule has 34 heavy (non-hydrogen) atoms. The van der Waals surface area contributed by atoms with Gasteiger partial charge in [0, 0.05) is 25.0 Å². The third-order valence-corrected chi connectivity index (χ3v) is 5.61. The molecule has 4 rings (SSSR count). The van der Waals surface area contributed by atoms with Gasteiger partial charge in [-0.25, -0.2) is 4.98 Å². The molecule has 0 saturated heterocycles. The molecule has 9 nitrogen and oxygen atoms in total. The third-order valence-electron chi connectivity index (χ3n) is 5.61. The summed E-state index contributed by atoms with van der Waals surface area (Å²) in [5, 5.41) is 12.1. The number of hydrogen-bond acceptors (Lipinski definition) is 6. The SMILES string of the molecule is Cc1cc(C(=O)N[C@@H](CC(=O)O)c2cccnc2)cc(C)c1Oc1cccc2c1nc(N)n2C. The van der Waals surface area contributed by atoms with E-state index in [4.69, 9.17) is 10.5 Å². The zero-order valence-electron chi connectivity index (χ0n) is 19.1. The molecule has 2 heterocycles. The number of carboxylic acids is 1. The lowest BCUT2D eigenvalue weighted by Crippen LogP contribution is -2.30. The van der Waals surface area contributed by atoms with Gasteiger partial charge < -0.3 is 25.5 Å². The number of fused-ring (bicyclic) bond motifs is 1. The number of benzene rings is 2. The molecule has 0 aliphatic rings. The van der Waals surface area contributed by atoms with Gasteiger partial charge in [0.15, 0.2) is 5.75 Å². The molecule has 0 fully saturated rings. The number of carbonyl (C=O) groups is 2. The van der Waals surface area contributed by atoms with Crippen LogP contribution in [0.15, 0.2) is 54.9 Å². The number of nitrogens with two attached hydrogens (primary N) is 1. The highest BCUT2D eigenvalue weighted by Crippen LogP contribution is 2.34. The van der Waals surface area contributed by atoms with Gasteiger partial charge >= 0.3 is 5.97 Å². The second-order valence-electron chi connectivity index (χ2n) is 8.10. The highest BCUT2D eigenvalue weighted by atomic mass is 16.5. The van der Waals surface area contributed by atoms with Crippen LogP contribution in [0.5, 0.6) is 11.5 Å². The Hall–Kier alpha value is -4.40. The number of para-hydroxylation sites is 1. The summed E-state index contributed by atoms with van der Waals surface area (Å²) in [6, 6.07) is 11.8. The Kier molecular flexibility index (Phi) is 6.18. The third kappa shape index (κ3) is 4.54. The first-order valence-electron chi connectivity index (χ1n) is 10.7. The number of imidazole rings is 1. The number of ether oxygens (including phenoxy) is 1. The van der Waals surface area contributed by atoms with Crippen molar-refractivity contribution in [1.29, 1.82) is 0 Å². The fourth-order valence-electron chi connectivity index (χ4n) is 3.89. The Labute approximate surface area is 196 Å². The average molecular weight is 460 g/mol. The van der Waals surface area contributed by atoms with Crippen molar-refractivity contribution in [3.63, 3.8) is 0 Å². The summed E-state index contributed by atoms with van der Waals surface area (Å²) in [5.41, 5.74) is 9.98. The van der Waals surface area contributed by atoms with Gasteiger partial charge in [0.1, 0.15) is 11.3 Å². The highest BCUT2D eigenvalue weighted by Gasteiger charge is 2.21. The van der Waals surface area contributed by atoms with Crippen LogP contribution >= 0.6 is 0 Å². The van der Waals surface area contributed by atoms with E-state index in [1.165, 1.54) is 0 Å². The molecule has 4 aromatic rings. The predicted octanol–water partition coefficient (Wildman–Crippen LogP) is 3.91. The number of nitrogens with zero attached hydrogens (tertiary/aromatic N) is 3. The molecule has 0 spiro atoms. The number of aromatic nitrogens is 3. The number of anilines is 1. The standard InChI is InChI=1S/C25H25N5O4/c1-14-10-17(24(33)28-18(12-21(31)32)16-6-5-9-27-13-16)11-15(2)23(14)34-20-8-4-7-19-22(20)29-25(26)30(19)3/h4-11,13,18H,12H2,1-3H3,(H2,26,29)(H,28,33)(H,31,32)/t18-/m0/s1. The fourth-order valence-corrected chi connectivity index (χ4v) is 3.89. The Morgan fingerprint density at radius 3 is 2.56 bits per heavy atom. The Balaban J connectivity index is 1.61. The summed E-state index contributed by atoms with van der Waals surface area (Å²) in [6.45, 7) is 3.70. The first kappa shape index (κ1) is 22.8. The van der Waals surface area contributed by atoms with Gasteiger partial charge in [0.25, 0.3) is 5.91 Å². The molecular formula is C25H25N5O4. The number of carbonyl (C=O) groups excluding carboxylic acids is 1. The van der Waals surface area contributed by atoms with Gasteiger partial charge in [-0.2, -0.15) is 0 Å². The molecule has 2 aromatic heterocycles. The second kappa shape index (κ2) is 9.22. The summed E-state index contributed by atoms with van der Waals surface area (Å²) >= 11 is 0. The van der Waals surface area contributed by atoms with Gasteiger partial charge in [-0.1, -0.05) is 12.1 Å². The molecular weight excluding hydrogens is 434 g/mol. The Morgan fingerprint density at radius 2 is 1.91 bits per heavy atom. The number of carboxylic acid groups (broad SMARTS) is 1. The van der Waals surface area contributed by atoms with Crippen LogP contribution in [0.3, 0.4) is 0 Å². The molecule has 4 N–H and O–H groups in total. The van der Waals surface area contributed by atoms with E-state index >= 15 is 0 Å². The topological polar surface area (TPSA) is 132 Å². The number of nitrogens with one attached hydrogen (secondary N) is 1. The molecule has 0 unspecified atom stereocenters. The number of pyridine rings is 1. The van der Waals surface area contributed by atoms with Gasteiger partial charge in [-0.3, -0.25) is 14.6 Å². The lowest BCUT2D eigenvalue weighted by molar-refractivity contribution is -0.137. The normalized spacial score (nSPS) is 11.9. The van der Waals surface area contributed by atoms with Crippen molar-refractivity contribution in [3.05, 3.63) is 77.1 Å². The Morgan fingerprint density at radius 1 is 1.18 bits per heavy atom. The number of amides is 1. The molecule has 0 aliphatic carbocycles. The highest BCUT2D eigenvalue weighted by molar-refractivity contribution is 5.95. The first-order chi connectivity index (χ1) is 16.2. The Bertz CT molecular complexity index is 1360. The summed E-state index contributed by atoms with van der Waals surface area (Å²) in [5.74, 6) is 0.159. The van der Waals surface area contributed by atoms with E-state index in [2.05, 4.69) is 15.3 Å². The van der Waals surface area contributed by atoms with Crippen LogP contribution in [0.2, 0.25) is 0 Å². The van der Waals surface area contributed by atoms with Crippen molar-refractivity contribution in [1.82, 2.24) is 19.9 Å². The van der Waals surface area contributed by atoms with E-state index in [0.717, 1.165) is 16.6 Å². The van der Waals surface area contributed by atoms with Gasteiger partial charge in [0.2, 0.25) is 5.95 Å². The minimum Gasteiger partial charge on any atom is -0.481 e. The number of nitrogen functional groups attached to an aromatic ring is 1. The van der Waals surface area contributed by atoms with Crippen LogP contribution in [0.1, 0.15) is 39.5 Å². The minimum absolute atomic E-state index is 0.256. The number of aryl methyl sites for hydroxylation is 3.